The molecule has 1 unspecified atom stereocenters. The lowest BCUT2D eigenvalue weighted by molar-refractivity contribution is -0.384. The highest BCUT2D eigenvalue weighted by atomic mass is 35.5. The van der Waals surface area contributed by atoms with Crippen LogP contribution < -0.4 is 4.74 Å². The molecular formula is C13H15ClN2O4. The summed E-state index contributed by atoms with van der Waals surface area (Å²) in [4.78, 5) is 23.9. The number of halogens is 1. The molecule has 1 aliphatic heterocycles. The molecule has 0 spiro atoms. The van der Waals surface area contributed by atoms with Crippen molar-refractivity contribution in [3.63, 3.8) is 0 Å². The lowest BCUT2D eigenvalue weighted by Gasteiger charge is -2.21. The maximum atomic E-state index is 12.1. The Balaban J connectivity index is 2.04. The number of hydrogen-bond acceptors (Lipinski definition) is 4. The second-order valence-electron chi connectivity index (χ2n) is 4.66. The van der Waals surface area contributed by atoms with Gasteiger partial charge in [0, 0.05) is 25.2 Å². The second-order valence-corrected chi connectivity index (χ2v) is 5.07. The SMILES string of the molecule is CC(Oc1ccc([N+](=O)[O-])c(Cl)c1)C(=O)N1CCCC1. The van der Waals surface area contributed by atoms with Gasteiger partial charge in [0.05, 0.1) is 4.92 Å². The van der Waals surface area contributed by atoms with E-state index in [0.717, 1.165) is 25.9 Å². The lowest BCUT2D eigenvalue weighted by Crippen LogP contribution is -2.38. The summed E-state index contributed by atoms with van der Waals surface area (Å²) in [5.74, 6) is 0.276. The minimum Gasteiger partial charge on any atom is -0.481 e. The van der Waals surface area contributed by atoms with Crippen molar-refractivity contribution >= 4 is 23.2 Å². The Bertz CT molecular complexity index is 529. The number of hydrogen-bond donors (Lipinski definition) is 0. The van der Waals surface area contributed by atoms with Crippen LogP contribution in [0.25, 0.3) is 0 Å². The first-order valence-corrected chi connectivity index (χ1v) is 6.76. The molecule has 1 saturated heterocycles. The van der Waals surface area contributed by atoms with E-state index in [4.69, 9.17) is 16.3 Å². The molecule has 0 aromatic heterocycles. The highest BCUT2D eigenvalue weighted by Crippen LogP contribution is 2.29. The largest absolute Gasteiger partial charge is 0.481 e. The molecule has 108 valence electrons. The van der Waals surface area contributed by atoms with Gasteiger partial charge in [-0.15, -0.1) is 0 Å². The van der Waals surface area contributed by atoms with E-state index in [1.165, 1.54) is 18.2 Å². The van der Waals surface area contributed by atoms with E-state index in [0.29, 0.717) is 5.75 Å². The van der Waals surface area contributed by atoms with Crippen LogP contribution in [0.15, 0.2) is 18.2 Å². The normalized spacial score (nSPS) is 16.0. The van der Waals surface area contributed by atoms with E-state index in [9.17, 15) is 14.9 Å². The fourth-order valence-corrected chi connectivity index (χ4v) is 2.40. The first-order valence-electron chi connectivity index (χ1n) is 6.38. The lowest BCUT2D eigenvalue weighted by atomic mass is 10.3. The standard InChI is InChI=1S/C13H15ClN2O4/c1-9(13(17)15-6-2-3-7-15)20-10-4-5-12(16(18)19)11(14)8-10/h4-5,8-9H,2-3,6-7H2,1H3. The molecule has 1 amide bonds. The van der Waals surface area contributed by atoms with Gasteiger partial charge in [-0.1, -0.05) is 11.6 Å². The predicted molar refractivity (Wildman–Crippen MR) is 74.0 cm³/mol. The predicted octanol–water partition coefficient (Wildman–Crippen LogP) is 2.64. The van der Waals surface area contributed by atoms with E-state index >= 15 is 0 Å². The summed E-state index contributed by atoms with van der Waals surface area (Å²) in [5, 5.41) is 10.7. The minimum atomic E-state index is -0.634. The Labute approximate surface area is 121 Å². The highest BCUT2D eigenvalue weighted by molar-refractivity contribution is 6.32. The van der Waals surface area contributed by atoms with Crippen LogP contribution in [-0.4, -0.2) is 34.9 Å². The van der Waals surface area contributed by atoms with Crippen LogP contribution in [-0.2, 0) is 4.79 Å². The van der Waals surface area contributed by atoms with Crippen molar-refractivity contribution in [3.8, 4) is 5.75 Å². The summed E-state index contributed by atoms with van der Waals surface area (Å²) < 4.78 is 5.51. The van der Waals surface area contributed by atoms with Gasteiger partial charge >= 0.3 is 0 Å². The van der Waals surface area contributed by atoms with Gasteiger partial charge in [0.15, 0.2) is 6.10 Å². The van der Waals surface area contributed by atoms with Gasteiger partial charge in [-0.3, -0.25) is 14.9 Å². The van der Waals surface area contributed by atoms with E-state index < -0.39 is 11.0 Å². The summed E-state index contributed by atoms with van der Waals surface area (Å²) in [6.45, 7) is 3.18. The number of carbonyl (C=O) groups excluding carboxylic acids is 1. The van der Waals surface area contributed by atoms with Gasteiger partial charge in [0.1, 0.15) is 10.8 Å². The van der Waals surface area contributed by atoms with Gasteiger partial charge in [-0.2, -0.15) is 0 Å². The second kappa shape index (κ2) is 6.09. The topological polar surface area (TPSA) is 72.7 Å². The molecule has 1 atom stereocenters. The number of benzene rings is 1. The fourth-order valence-electron chi connectivity index (χ4n) is 2.16. The maximum Gasteiger partial charge on any atom is 0.288 e. The molecule has 1 aromatic carbocycles. The number of nitrogens with zero attached hydrogens (tertiary/aromatic N) is 2. The van der Waals surface area contributed by atoms with Gasteiger partial charge in [0.2, 0.25) is 0 Å². The van der Waals surface area contributed by atoms with Crippen molar-refractivity contribution in [2.24, 2.45) is 0 Å². The van der Waals surface area contributed by atoms with Crippen molar-refractivity contribution in [1.82, 2.24) is 4.90 Å². The first kappa shape index (κ1) is 14.6. The summed E-state index contributed by atoms with van der Waals surface area (Å²) in [6.07, 6.45) is 1.40. The van der Waals surface area contributed by atoms with Gasteiger partial charge in [-0.05, 0) is 25.8 Å². The fraction of sp³-hybridized carbons (Fsp3) is 0.462. The number of rotatable bonds is 4. The molecule has 6 nitrogen and oxygen atoms in total. The molecule has 1 heterocycles. The molecule has 1 aromatic rings. The van der Waals surface area contributed by atoms with Crippen LogP contribution in [0.5, 0.6) is 5.75 Å². The zero-order valence-corrected chi connectivity index (χ0v) is 11.8. The van der Waals surface area contributed by atoms with Crippen LogP contribution in [0.2, 0.25) is 5.02 Å². The molecule has 7 heteroatoms. The third kappa shape index (κ3) is 3.19. The molecule has 0 bridgehead atoms. The Morgan fingerprint density at radius 2 is 2.10 bits per heavy atom. The molecular weight excluding hydrogens is 284 g/mol. The van der Waals surface area contributed by atoms with Crippen LogP contribution in [0, 0.1) is 10.1 Å². The zero-order valence-electron chi connectivity index (χ0n) is 11.0. The van der Waals surface area contributed by atoms with Crippen molar-refractivity contribution in [1.29, 1.82) is 0 Å². The minimum absolute atomic E-state index is 0.00618. The number of amides is 1. The van der Waals surface area contributed by atoms with E-state index in [1.807, 2.05) is 0 Å². The van der Waals surface area contributed by atoms with Crippen molar-refractivity contribution < 1.29 is 14.5 Å². The summed E-state index contributed by atoms with van der Waals surface area (Å²) in [7, 11) is 0. The Morgan fingerprint density at radius 1 is 1.45 bits per heavy atom. The molecule has 1 fully saturated rings. The molecule has 0 saturated carbocycles. The Hall–Kier alpha value is -1.82. The van der Waals surface area contributed by atoms with Crippen LogP contribution in [0.3, 0.4) is 0 Å². The van der Waals surface area contributed by atoms with Crippen molar-refractivity contribution in [2.45, 2.75) is 25.9 Å². The van der Waals surface area contributed by atoms with Crippen LogP contribution in [0.4, 0.5) is 5.69 Å². The first-order chi connectivity index (χ1) is 9.49. The van der Waals surface area contributed by atoms with Crippen LogP contribution in [0.1, 0.15) is 19.8 Å². The molecule has 1 aliphatic rings. The summed E-state index contributed by atoms with van der Waals surface area (Å²) in [6, 6.07) is 4.07. The van der Waals surface area contributed by atoms with Gasteiger partial charge < -0.3 is 9.64 Å². The Kier molecular flexibility index (Phi) is 4.44. The van der Waals surface area contributed by atoms with Crippen LogP contribution >= 0.6 is 11.6 Å². The number of nitro groups is 1. The van der Waals surface area contributed by atoms with Crippen molar-refractivity contribution in [3.05, 3.63) is 33.3 Å². The molecule has 0 N–H and O–H groups in total. The molecule has 0 aliphatic carbocycles. The van der Waals surface area contributed by atoms with E-state index in [-0.39, 0.29) is 16.6 Å². The smallest absolute Gasteiger partial charge is 0.288 e. The Morgan fingerprint density at radius 3 is 2.65 bits per heavy atom. The third-order valence-electron chi connectivity index (χ3n) is 3.19. The number of carbonyl (C=O) groups is 1. The number of ether oxygens (including phenoxy) is 1. The summed E-state index contributed by atoms with van der Waals surface area (Å²) in [5.41, 5.74) is -0.183. The van der Waals surface area contributed by atoms with Gasteiger partial charge in [0.25, 0.3) is 11.6 Å². The maximum absolute atomic E-state index is 12.1. The number of likely N-dealkylation sites (tertiary alicyclic amines) is 1. The van der Waals surface area contributed by atoms with E-state index in [1.54, 1.807) is 11.8 Å². The average Bonchev–Trinajstić information content (AvgIpc) is 2.91. The molecule has 0 radical (unpaired) electrons. The highest BCUT2D eigenvalue weighted by Gasteiger charge is 2.25. The zero-order chi connectivity index (χ0) is 14.7. The quantitative estimate of drug-likeness (QED) is 0.633. The van der Waals surface area contributed by atoms with Gasteiger partial charge in [-0.25, -0.2) is 0 Å². The molecule has 2 rings (SSSR count). The third-order valence-corrected chi connectivity index (χ3v) is 3.50. The molecule has 20 heavy (non-hydrogen) atoms. The van der Waals surface area contributed by atoms with Crippen molar-refractivity contribution in [2.75, 3.05) is 13.1 Å². The average molecular weight is 299 g/mol. The monoisotopic (exact) mass is 298 g/mol. The van der Waals surface area contributed by atoms with E-state index in [2.05, 4.69) is 0 Å². The summed E-state index contributed by atoms with van der Waals surface area (Å²) >= 11 is 5.80. The number of nitro benzene ring substituents is 1.